The summed E-state index contributed by atoms with van der Waals surface area (Å²) >= 11 is 0. The summed E-state index contributed by atoms with van der Waals surface area (Å²) in [6.07, 6.45) is 4.28. The molecule has 2 aliphatic heterocycles. The molecule has 0 N–H and O–H groups in total. The van der Waals surface area contributed by atoms with Crippen LogP contribution in [0.15, 0.2) is 0 Å². The van der Waals surface area contributed by atoms with Gasteiger partial charge in [-0.25, -0.2) is 0 Å². The van der Waals surface area contributed by atoms with Crippen molar-refractivity contribution in [1.82, 2.24) is 4.90 Å². The Hall–Kier alpha value is -0.570. The summed E-state index contributed by atoms with van der Waals surface area (Å²) in [4.78, 5) is 12.6. The average Bonchev–Trinajstić information content (AvgIpc) is 2.62. The molecule has 0 radical (unpaired) electrons. The van der Waals surface area contributed by atoms with Crippen LogP contribution in [-0.4, -0.2) is 36.6 Å². The summed E-state index contributed by atoms with van der Waals surface area (Å²) in [5.41, 5.74) is 0.0990. The van der Waals surface area contributed by atoms with E-state index >= 15 is 0 Å². The second-order valence-electron chi connectivity index (χ2n) is 3.43. The molecule has 11 heavy (non-hydrogen) atoms. The molecule has 0 saturated carbocycles. The molecule has 2 heterocycles. The number of carbonyl (C=O) groups is 1. The van der Waals surface area contributed by atoms with Crippen molar-refractivity contribution in [2.75, 3.05) is 19.8 Å². The van der Waals surface area contributed by atoms with Gasteiger partial charge in [0.2, 0.25) is 6.41 Å². The van der Waals surface area contributed by atoms with Gasteiger partial charge in [0.1, 0.15) is 0 Å². The number of hydrogen-bond acceptors (Lipinski definition) is 2. The van der Waals surface area contributed by atoms with Crippen LogP contribution >= 0.6 is 0 Å². The molecule has 2 rings (SSSR count). The normalized spacial score (nSPS) is 36.9. The van der Waals surface area contributed by atoms with Gasteiger partial charge in [0.25, 0.3) is 0 Å². The van der Waals surface area contributed by atoms with Crippen LogP contribution in [0.4, 0.5) is 0 Å². The van der Waals surface area contributed by atoms with E-state index in [1.54, 1.807) is 0 Å². The standard InChI is InChI=1S/C8H13NO2/c10-7-9-4-1-2-8(9)3-5-11-6-8/h7H,1-6H2. The molecule has 0 aromatic heterocycles. The van der Waals surface area contributed by atoms with Crippen molar-refractivity contribution in [2.45, 2.75) is 24.8 Å². The summed E-state index contributed by atoms with van der Waals surface area (Å²) < 4.78 is 5.31. The minimum absolute atomic E-state index is 0.0990. The molecule has 0 bridgehead atoms. The van der Waals surface area contributed by atoms with E-state index < -0.39 is 0 Å². The molecule has 1 atom stereocenters. The Morgan fingerprint density at radius 1 is 1.45 bits per heavy atom. The Labute approximate surface area is 66.3 Å². The van der Waals surface area contributed by atoms with E-state index in [9.17, 15) is 4.79 Å². The largest absolute Gasteiger partial charge is 0.379 e. The molecule has 2 fully saturated rings. The predicted octanol–water partition coefficient (Wildman–Crippen LogP) is 0.398. The molecule has 3 nitrogen and oxygen atoms in total. The first-order valence-corrected chi connectivity index (χ1v) is 4.17. The number of nitrogens with zero attached hydrogens (tertiary/aromatic N) is 1. The lowest BCUT2D eigenvalue weighted by molar-refractivity contribution is -0.121. The van der Waals surface area contributed by atoms with Crippen LogP contribution < -0.4 is 0 Å². The van der Waals surface area contributed by atoms with Gasteiger partial charge in [-0.3, -0.25) is 4.79 Å². The summed E-state index contributed by atoms with van der Waals surface area (Å²) in [7, 11) is 0. The minimum Gasteiger partial charge on any atom is -0.379 e. The Morgan fingerprint density at radius 3 is 3.00 bits per heavy atom. The summed E-state index contributed by atoms with van der Waals surface area (Å²) in [6.45, 7) is 2.50. The molecule has 1 unspecified atom stereocenters. The molecule has 2 aliphatic rings. The fourth-order valence-corrected chi connectivity index (χ4v) is 2.14. The van der Waals surface area contributed by atoms with E-state index in [0.717, 1.165) is 45.4 Å². The predicted molar refractivity (Wildman–Crippen MR) is 40.2 cm³/mol. The van der Waals surface area contributed by atoms with Crippen molar-refractivity contribution >= 4 is 6.41 Å². The zero-order valence-corrected chi connectivity index (χ0v) is 6.58. The van der Waals surface area contributed by atoms with Gasteiger partial charge in [-0.05, 0) is 19.3 Å². The lowest BCUT2D eigenvalue weighted by Gasteiger charge is -2.29. The van der Waals surface area contributed by atoms with Crippen molar-refractivity contribution in [3.05, 3.63) is 0 Å². The van der Waals surface area contributed by atoms with E-state index in [2.05, 4.69) is 0 Å². The Balaban J connectivity index is 2.15. The number of carbonyl (C=O) groups excluding carboxylic acids is 1. The van der Waals surface area contributed by atoms with Crippen molar-refractivity contribution < 1.29 is 9.53 Å². The van der Waals surface area contributed by atoms with Crippen molar-refractivity contribution in [3.63, 3.8) is 0 Å². The van der Waals surface area contributed by atoms with Crippen LogP contribution in [0.2, 0.25) is 0 Å². The lowest BCUT2D eigenvalue weighted by Crippen LogP contribution is -2.43. The van der Waals surface area contributed by atoms with Gasteiger partial charge in [-0.2, -0.15) is 0 Å². The maximum absolute atomic E-state index is 10.6. The van der Waals surface area contributed by atoms with E-state index in [-0.39, 0.29) is 5.54 Å². The molecule has 0 aromatic carbocycles. The monoisotopic (exact) mass is 155 g/mol. The fraction of sp³-hybridized carbons (Fsp3) is 0.875. The van der Waals surface area contributed by atoms with Crippen molar-refractivity contribution in [1.29, 1.82) is 0 Å². The van der Waals surface area contributed by atoms with Crippen LogP contribution in [0.3, 0.4) is 0 Å². The van der Waals surface area contributed by atoms with Crippen LogP contribution in [0.1, 0.15) is 19.3 Å². The molecule has 0 aromatic rings. The van der Waals surface area contributed by atoms with Gasteiger partial charge in [0, 0.05) is 13.2 Å². The van der Waals surface area contributed by atoms with E-state index in [1.165, 1.54) is 0 Å². The van der Waals surface area contributed by atoms with Crippen molar-refractivity contribution in [3.8, 4) is 0 Å². The van der Waals surface area contributed by atoms with Crippen LogP contribution in [0, 0.1) is 0 Å². The van der Waals surface area contributed by atoms with E-state index in [4.69, 9.17) is 4.74 Å². The number of ether oxygens (including phenoxy) is 1. The van der Waals surface area contributed by atoms with Gasteiger partial charge < -0.3 is 9.64 Å². The molecule has 3 heteroatoms. The van der Waals surface area contributed by atoms with Crippen molar-refractivity contribution in [2.24, 2.45) is 0 Å². The fourth-order valence-electron chi connectivity index (χ4n) is 2.14. The number of amides is 1. The lowest BCUT2D eigenvalue weighted by atomic mass is 9.96. The molecule has 62 valence electrons. The molecule has 2 saturated heterocycles. The first-order chi connectivity index (χ1) is 5.37. The van der Waals surface area contributed by atoms with E-state index in [0.29, 0.717) is 0 Å². The topological polar surface area (TPSA) is 29.5 Å². The number of rotatable bonds is 1. The highest BCUT2D eigenvalue weighted by molar-refractivity contribution is 5.50. The van der Waals surface area contributed by atoms with Crippen LogP contribution in [0.5, 0.6) is 0 Å². The first-order valence-electron chi connectivity index (χ1n) is 4.17. The van der Waals surface area contributed by atoms with Gasteiger partial charge in [0.05, 0.1) is 12.1 Å². The number of likely N-dealkylation sites (tertiary alicyclic amines) is 1. The summed E-state index contributed by atoms with van der Waals surface area (Å²) in [6, 6.07) is 0. The van der Waals surface area contributed by atoms with Gasteiger partial charge in [-0.1, -0.05) is 0 Å². The van der Waals surface area contributed by atoms with Crippen LogP contribution in [-0.2, 0) is 9.53 Å². The molecule has 1 amide bonds. The van der Waals surface area contributed by atoms with Gasteiger partial charge >= 0.3 is 0 Å². The maximum Gasteiger partial charge on any atom is 0.210 e. The third-order valence-corrected chi connectivity index (χ3v) is 2.86. The van der Waals surface area contributed by atoms with Gasteiger partial charge in [-0.15, -0.1) is 0 Å². The zero-order valence-electron chi connectivity index (χ0n) is 6.58. The second kappa shape index (κ2) is 2.48. The quantitative estimate of drug-likeness (QED) is 0.513. The highest BCUT2D eigenvalue weighted by Gasteiger charge is 2.43. The Morgan fingerprint density at radius 2 is 2.36 bits per heavy atom. The van der Waals surface area contributed by atoms with Gasteiger partial charge in [0.15, 0.2) is 0 Å². The van der Waals surface area contributed by atoms with Crippen LogP contribution in [0.25, 0.3) is 0 Å². The maximum atomic E-state index is 10.6. The highest BCUT2D eigenvalue weighted by Crippen LogP contribution is 2.34. The average molecular weight is 155 g/mol. The Bertz CT molecular complexity index is 158. The SMILES string of the molecule is O=CN1CCCC12CCOC2. The highest BCUT2D eigenvalue weighted by atomic mass is 16.5. The Kier molecular flexibility index (Phi) is 1.60. The third kappa shape index (κ3) is 0.948. The smallest absolute Gasteiger partial charge is 0.210 e. The van der Waals surface area contributed by atoms with E-state index in [1.807, 2.05) is 4.90 Å². The summed E-state index contributed by atoms with van der Waals surface area (Å²) in [5, 5.41) is 0. The molecular weight excluding hydrogens is 142 g/mol. The minimum atomic E-state index is 0.0990. The molecule has 0 aliphatic carbocycles. The molecular formula is C8H13NO2. The third-order valence-electron chi connectivity index (χ3n) is 2.86. The zero-order chi connectivity index (χ0) is 7.73. The second-order valence-corrected chi connectivity index (χ2v) is 3.43. The molecule has 1 spiro atoms. The first kappa shape index (κ1) is 7.10. The summed E-state index contributed by atoms with van der Waals surface area (Å²) in [5.74, 6) is 0. The number of hydrogen-bond donors (Lipinski definition) is 0.